The third-order valence-corrected chi connectivity index (χ3v) is 3.27. The first-order chi connectivity index (χ1) is 10.3. The van der Waals surface area contributed by atoms with Crippen LogP contribution >= 0.6 is 0 Å². The quantitative estimate of drug-likeness (QED) is 0.753. The van der Waals surface area contributed by atoms with E-state index in [-0.39, 0.29) is 6.04 Å². The maximum atomic E-state index is 5.45. The fourth-order valence-corrected chi connectivity index (χ4v) is 2.18. The average molecular weight is 283 g/mol. The number of H-pyrrole nitrogens is 1. The molecule has 0 saturated carbocycles. The summed E-state index contributed by atoms with van der Waals surface area (Å²) in [6, 6.07) is 8.16. The van der Waals surface area contributed by atoms with Gasteiger partial charge in [0.15, 0.2) is 11.5 Å². The summed E-state index contributed by atoms with van der Waals surface area (Å²) in [5, 5.41) is 3.38. The number of fused-ring (bicyclic) bond motifs is 1. The number of aromatic amines is 1. The van der Waals surface area contributed by atoms with Crippen molar-refractivity contribution < 1.29 is 4.74 Å². The van der Waals surface area contributed by atoms with Crippen LogP contribution in [-0.2, 0) is 0 Å². The van der Waals surface area contributed by atoms with Crippen LogP contribution in [0, 0.1) is 0 Å². The lowest BCUT2D eigenvalue weighted by molar-refractivity contribution is 0.340. The van der Waals surface area contributed by atoms with Crippen LogP contribution in [0.25, 0.3) is 11.2 Å². The summed E-state index contributed by atoms with van der Waals surface area (Å²) in [4.78, 5) is 15.6. The Morgan fingerprint density at radius 1 is 1.19 bits per heavy atom. The van der Waals surface area contributed by atoms with Crippen LogP contribution < -0.4 is 10.1 Å². The number of imidazole rings is 1. The number of hydrogen-bond acceptors (Lipinski definition) is 5. The van der Waals surface area contributed by atoms with Crippen LogP contribution in [0.5, 0.6) is 5.75 Å². The zero-order valence-corrected chi connectivity index (χ0v) is 12.0. The minimum atomic E-state index is 0.113. The smallest absolute Gasteiger partial charge is 0.182 e. The lowest BCUT2D eigenvalue weighted by Gasteiger charge is -2.15. The molecular weight excluding hydrogens is 266 g/mol. The number of rotatable bonds is 5. The van der Waals surface area contributed by atoms with Crippen LogP contribution in [-0.4, -0.2) is 26.5 Å². The monoisotopic (exact) mass is 283 g/mol. The molecule has 108 valence electrons. The molecule has 0 saturated heterocycles. The van der Waals surface area contributed by atoms with Crippen molar-refractivity contribution >= 4 is 17.0 Å². The lowest BCUT2D eigenvalue weighted by atomic mass is 10.1. The summed E-state index contributed by atoms with van der Waals surface area (Å²) < 4.78 is 5.45. The molecule has 3 aromatic rings. The van der Waals surface area contributed by atoms with Gasteiger partial charge >= 0.3 is 0 Å². The second-order valence-electron chi connectivity index (χ2n) is 4.69. The van der Waals surface area contributed by atoms with Gasteiger partial charge in [-0.25, -0.2) is 15.0 Å². The number of nitrogens with one attached hydrogen (secondary N) is 2. The Hall–Kier alpha value is -2.63. The van der Waals surface area contributed by atoms with Crippen molar-refractivity contribution in [3.63, 3.8) is 0 Å². The number of nitrogens with zero attached hydrogens (tertiary/aromatic N) is 3. The summed E-state index contributed by atoms with van der Waals surface area (Å²) in [5.74, 6) is 1.63. The molecule has 21 heavy (non-hydrogen) atoms. The Labute approximate surface area is 122 Å². The molecule has 1 atom stereocenters. The van der Waals surface area contributed by atoms with Crippen molar-refractivity contribution in [2.75, 3.05) is 11.9 Å². The van der Waals surface area contributed by atoms with E-state index in [1.165, 1.54) is 6.33 Å². The standard InChI is InChI=1S/C15H17N5O/c1-3-21-12-6-4-11(5-7-12)10(2)20-15-13-14(17-8-16-13)18-9-19-15/h4-10H,3H2,1-2H3,(H2,16,17,18,19,20). The van der Waals surface area contributed by atoms with Crippen LogP contribution in [0.4, 0.5) is 5.82 Å². The van der Waals surface area contributed by atoms with Gasteiger partial charge in [0.25, 0.3) is 0 Å². The van der Waals surface area contributed by atoms with Gasteiger partial charge in [-0.15, -0.1) is 0 Å². The van der Waals surface area contributed by atoms with Gasteiger partial charge in [-0.2, -0.15) is 0 Å². The Morgan fingerprint density at radius 2 is 2.00 bits per heavy atom. The van der Waals surface area contributed by atoms with Crippen molar-refractivity contribution in [1.29, 1.82) is 0 Å². The average Bonchev–Trinajstić information content (AvgIpc) is 2.98. The lowest BCUT2D eigenvalue weighted by Crippen LogP contribution is -2.08. The van der Waals surface area contributed by atoms with Crippen molar-refractivity contribution in [2.45, 2.75) is 19.9 Å². The van der Waals surface area contributed by atoms with Crippen molar-refractivity contribution in [3.05, 3.63) is 42.5 Å². The van der Waals surface area contributed by atoms with Gasteiger partial charge in [0.1, 0.15) is 17.6 Å². The van der Waals surface area contributed by atoms with Gasteiger partial charge in [-0.3, -0.25) is 0 Å². The van der Waals surface area contributed by atoms with E-state index in [1.54, 1.807) is 6.33 Å². The predicted molar refractivity (Wildman–Crippen MR) is 81.3 cm³/mol. The minimum absolute atomic E-state index is 0.113. The SMILES string of the molecule is CCOc1ccc(C(C)Nc2ncnc3nc[nH]c23)cc1. The van der Waals surface area contributed by atoms with E-state index in [0.29, 0.717) is 12.3 Å². The summed E-state index contributed by atoms with van der Waals surface area (Å²) in [7, 11) is 0. The fourth-order valence-electron chi connectivity index (χ4n) is 2.18. The molecule has 0 amide bonds. The molecule has 1 aromatic carbocycles. The molecule has 0 radical (unpaired) electrons. The summed E-state index contributed by atoms with van der Waals surface area (Å²) in [6.07, 6.45) is 3.13. The topological polar surface area (TPSA) is 75.7 Å². The van der Waals surface area contributed by atoms with Gasteiger partial charge < -0.3 is 15.0 Å². The maximum Gasteiger partial charge on any atom is 0.182 e. The first-order valence-corrected chi connectivity index (χ1v) is 6.91. The summed E-state index contributed by atoms with van der Waals surface area (Å²) in [6.45, 7) is 4.73. The highest BCUT2D eigenvalue weighted by atomic mass is 16.5. The van der Waals surface area contributed by atoms with E-state index in [0.717, 1.165) is 22.6 Å². The second kappa shape index (κ2) is 5.78. The van der Waals surface area contributed by atoms with E-state index in [4.69, 9.17) is 4.74 Å². The number of hydrogen-bond donors (Lipinski definition) is 2. The molecule has 2 heterocycles. The molecule has 0 fully saturated rings. The van der Waals surface area contributed by atoms with E-state index in [1.807, 2.05) is 31.2 Å². The van der Waals surface area contributed by atoms with Crippen molar-refractivity contribution in [3.8, 4) is 5.75 Å². The molecule has 6 heteroatoms. The number of aromatic nitrogens is 4. The molecular formula is C15H17N5O. The van der Waals surface area contributed by atoms with Crippen LogP contribution in [0.15, 0.2) is 36.9 Å². The molecule has 0 aliphatic carbocycles. The van der Waals surface area contributed by atoms with Gasteiger partial charge in [-0.05, 0) is 31.5 Å². The van der Waals surface area contributed by atoms with Gasteiger partial charge in [-0.1, -0.05) is 12.1 Å². The number of anilines is 1. The van der Waals surface area contributed by atoms with E-state index in [9.17, 15) is 0 Å². The first-order valence-electron chi connectivity index (χ1n) is 6.91. The first kappa shape index (κ1) is 13.4. The van der Waals surface area contributed by atoms with E-state index in [2.05, 4.69) is 32.2 Å². The zero-order valence-electron chi connectivity index (χ0n) is 12.0. The van der Waals surface area contributed by atoms with Crippen LogP contribution in [0.1, 0.15) is 25.5 Å². The molecule has 1 unspecified atom stereocenters. The van der Waals surface area contributed by atoms with Gasteiger partial charge in [0.2, 0.25) is 0 Å². The Balaban J connectivity index is 1.79. The highest BCUT2D eigenvalue weighted by Gasteiger charge is 2.10. The second-order valence-corrected chi connectivity index (χ2v) is 4.69. The highest BCUT2D eigenvalue weighted by Crippen LogP contribution is 2.23. The molecule has 6 nitrogen and oxygen atoms in total. The van der Waals surface area contributed by atoms with E-state index < -0.39 is 0 Å². The molecule has 0 spiro atoms. The van der Waals surface area contributed by atoms with Gasteiger partial charge in [0, 0.05) is 0 Å². The predicted octanol–water partition coefficient (Wildman–Crippen LogP) is 2.92. The van der Waals surface area contributed by atoms with Crippen LogP contribution in [0.3, 0.4) is 0 Å². The third-order valence-electron chi connectivity index (χ3n) is 3.27. The number of benzene rings is 1. The van der Waals surface area contributed by atoms with Gasteiger partial charge in [0.05, 0.1) is 19.0 Å². The summed E-state index contributed by atoms with van der Waals surface area (Å²) >= 11 is 0. The largest absolute Gasteiger partial charge is 0.494 e. The molecule has 2 aromatic heterocycles. The van der Waals surface area contributed by atoms with E-state index >= 15 is 0 Å². The minimum Gasteiger partial charge on any atom is -0.494 e. The highest BCUT2D eigenvalue weighted by molar-refractivity contribution is 5.82. The fraction of sp³-hybridized carbons (Fsp3) is 0.267. The molecule has 0 bridgehead atoms. The van der Waals surface area contributed by atoms with Crippen molar-refractivity contribution in [2.24, 2.45) is 0 Å². The molecule has 3 rings (SSSR count). The number of ether oxygens (including phenoxy) is 1. The summed E-state index contributed by atoms with van der Waals surface area (Å²) in [5.41, 5.74) is 2.63. The zero-order chi connectivity index (χ0) is 14.7. The Morgan fingerprint density at radius 3 is 2.76 bits per heavy atom. The maximum absolute atomic E-state index is 5.45. The molecule has 2 N–H and O–H groups in total. The van der Waals surface area contributed by atoms with Crippen molar-refractivity contribution in [1.82, 2.24) is 19.9 Å². The molecule has 0 aliphatic heterocycles. The molecule has 0 aliphatic rings. The van der Waals surface area contributed by atoms with Crippen LogP contribution in [0.2, 0.25) is 0 Å². The Bertz CT molecular complexity index is 722. The third kappa shape index (κ3) is 2.79. The Kier molecular flexibility index (Phi) is 3.68. The normalized spacial score (nSPS) is 12.3.